The molecule has 2 unspecified atom stereocenters. The number of aromatic nitrogens is 2. The van der Waals surface area contributed by atoms with Gasteiger partial charge in [0.05, 0.1) is 12.7 Å². The molecule has 5 nitrogen and oxygen atoms in total. The van der Waals surface area contributed by atoms with E-state index in [1.807, 2.05) is 16.7 Å². The summed E-state index contributed by atoms with van der Waals surface area (Å²) in [7, 11) is 1.51. The molecule has 3 heterocycles. The second-order valence-electron chi connectivity index (χ2n) is 4.26. The Kier molecular flexibility index (Phi) is 2.66. The van der Waals surface area contributed by atoms with Crippen LogP contribution in [0.4, 0.5) is 0 Å². The van der Waals surface area contributed by atoms with Crippen molar-refractivity contribution in [1.82, 2.24) is 14.9 Å². The number of thioether (sulfide) groups is 1. The molecule has 2 fully saturated rings. The zero-order valence-corrected chi connectivity index (χ0v) is 10.3. The molecule has 1 aromatic rings. The maximum absolute atomic E-state index is 12.2. The van der Waals surface area contributed by atoms with Gasteiger partial charge < -0.3 is 9.64 Å². The summed E-state index contributed by atoms with van der Waals surface area (Å²) in [4.78, 5) is 22.1. The van der Waals surface area contributed by atoms with Gasteiger partial charge in [-0.3, -0.25) is 4.79 Å². The molecule has 2 aliphatic rings. The molecule has 0 saturated carbocycles. The minimum Gasteiger partial charge on any atom is -0.467 e. The maximum Gasteiger partial charge on any atom is 0.316 e. The van der Waals surface area contributed by atoms with Crippen LogP contribution < -0.4 is 4.74 Å². The first-order valence-corrected chi connectivity index (χ1v) is 6.61. The molecule has 1 aromatic heterocycles. The maximum atomic E-state index is 12.2. The van der Waals surface area contributed by atoms with Gasteiger partial charge >= 0.3 is 6.01 Å². The van der Waals surface area contributed by atoms with Gasteiger partial charge in [0.15, 0.2) is 0 Å². The topological polar surface area (TPSA) is 55.3 Å². The van der Waals surface area contributed by atoms with Crippen molar-refractivity contribution in [3.8, 4) is 6.01 Å². The number of ether oxygens (including phenoxy) is 1. The summed E-state index contributed by atoms with van der Waals surface area (Å²) in [6, 6.07) is 0.694. The summed E-state index contributed by atoms with van der Waals surface area (Å²) in [5.74, 6) is 1.11. The fourth-order valence-corrected chi connectivity index (χ4v) is 3.78. The van der Waals surface area contributed by atoms with Gasteiger partial charge in [-0.15, -0.1) is 0 Å². The van der Waals surface area contributed by atoms with E-state index >= 15 is 0 Å². The van der Waals surface area contributed by atoms with Crippen LogP contribution in [-0.4, -0.2) is 51.5 Å². The Morgan fingerprint density at radius 3 is 2.82 bits per heavy atom. The molecule has 0 N–H and O–H groups in total. The minimum absolute atomic E-state index is 0.0421. The van der Waals surface area contributed by atoms with Gasteiger partial charge in [0.2, 0.25) is 0 Å². The van der Waals surface area contributed by atoms with Crippen molar-refractivity contribution in [1.29, 1.82) is 0 Å². The Balaban J connectivity index is 1.77. The predicted molar refractivity (Wildman–Crippen MR) is 64.3 cm³/mol. The first-order valence-electron chi connectivity index (χ1n) is 5.56. The quantitative estimate of drug-likeness (QED) is 0.778. The van der Waals surface area contributed by atoms with Gasteiger partial charge in [-0.2, -0.15) is 11.8 Å². The molecule has 17 heavy (non-hydrogen) atoms. The van der Waals surface area contributed by atoms with Gasteiger partial charge in [-0.25, -0.2) is 9.97 Å². The average molecular weight is 251 g/mol. The Bertz CT molecular complexity index is 437. The van der Waals surface area contributed by atoms with Crippen LogP contribution in [0.25, 0.3) is 0 Å². The van der Waals surface area contributed by atoms with Crippen LogP contribution in [0, 0.1) is 0 Å². The number of rotatable bonds is 2. The van der Waals surface area contributed by atoms with Gasteiger partial charge in [-0.05, 0) is 6.42 Å². The fraction of sp³-hybridized carbons (Fsp3) is 0.545. The lowest BCUT2D eigenvalue weighted by Gasteiger charge is -2.26. The zero-order chi connectivity index (χ0) is 11.8. The molecular weight excluding hydrogens is 238 g/mol. The highest BCUT2D eigenvalue weighted by atomic mass is 32.2. The molecular formula is C11H13N3O2S. The molecule has 0 aliphatic carbocycles. The molecule has 0 radical (unpaired) electrons. The van der Waals surface area contributed by atoms with Crippen molar-refractivity contribution < 1.29 is 9.53 Å². The smallest absolute Gasteiger partial charge is 0.316 e. The molecule has 90 valence electrons. The van der Waals surface area contributed by atoms with Gasteiger partial charge in [-0.1, -0.05) is 0 Å². The number of methoxy groups -OCH3 is 1. The fourth-order valence-electron chi connectivity index (χ4n) is 2.35. The van der Waals surface area contributed by atoms with Crippen molar-refractivity contribution >= 4 is 17.7 Å². The second-order valence-corrected chi connectivity index (χ2v) is 5.59. The number of likely N-dealkylation sites (tertiary alicyclic amines) is 1. The van der Waals surface area contributed by atoms with Crippen LogP contribution in [-0.2, 0) is 0 Å². The summed E-state index contributed by atoms with van der Waals surface area (Å²) in [6.45, 7) is 0.861. The van der Waals surface area contributed by atoms with Crippen molar-refractivity contribution in [3.63, 3.8) is 0 Å². The monoisotopic (exact) mass is 251 g/mol. The largest absolute Gasteiger partial charge is 0.467 e. The zero-order valence-electron chi connectivity index (χ0n) is 9.50. The van der Waals surface area contributed by atoms with Crippen LogP contribution in [0.15, 0.2) is 12.4 Å². The number of nitrogens with zero attached hydrogens (tertiary/aromatic N) is 3. The number of hydrogen-bond acceptors (Lipinski definition) is 5. The lowest BCUT2D eigenvalue weighted by atomic mass is 10.2. The standard InChI is InChI=1S/C11H13N3O2S/c1-16-11-12-3-7(4-13-11)10(15)14-5-9-2-8(14)6-17-9/h3-4,8-9H,2,5-6H2,1H3. The summed E-state index contributed by atoms with van der Waals surface area (Å²) in [5.41, 5.74) is 0.545. The molecule has 6 heteroatoms. The normalized spacial score (nSPS) is 26.3. The Morgan fingerprint density at radius 1 is 1.53 bits per heavy atom. The van der Waals surface area contributed by atoms with Crippen LogP contribution in [0.1, 0.15) is 16.8 Å². The summed E-state index contributed by atoms with van der Waals surface area (Å²) < 4.78 is 4.87. The Labute approximate surface area is 104 Å². The Hall–Kier alpha value is -1.30. The van der Waals surface area contributed by atoms with Crippen LogP contribution in [0.2, 0.25) is 0 Å². The first kappa shape index (κ1) is 10.8. The first-order chi connectivity index (χ1) is 8.28. The summed E-state index contributed by atoms with van der Waals surface area (Å²) in [6.07, 6.45) is 4.20. The number of carbonyl (C=O) groups is 1. The van der Waals surface area contributed by atoms with Crippen molar-refractivity contribution in [2.24, 2.45) is 0 Å². The SMILES string of the molecule is COc1ncc(C(=O)N2CC3CC2CS3)cn1. The van der Waals surface area contributed by atoms with E-state index in [0.29, 0.717) is 22.9 Å². The number of fused-ring (bicyclic) bond motifs is 2. The van der Waals surface area contributed by atoms with Crippen LogP contribution >= 0.6 is 11.8 Å². The van der Waals surface area contributed by atoms with E-state index in [9.17, 15) is 4.79 Å². The lowest BCUT2D eigenvalue weighted by molar-refractivity contribution is 0.0746. The molecule has 2 bridgehead atoms. The molecule has 0 aromatic carbocycles. The van der Waals surface area contributed by atoms with Gasteiger partial charge in [0, 0.05) is 36.0 Å². The second kappa shape index (κ2) is 4.18. The van der Waals surface area contributed by atoms with E-state index in [4.69, 9.17) is 4.74 Å². The third-order valence-electron chi connectivity index (χ3n) is 3.22. The number of carbonyl (C=O) groups excluding carboxylic acids is 1. The highest BCUT2D eigenvalue weighted by Crippen LogP contribution is 2.37. The summed E-state index contributed by atoms with van der Waals surface area (Å²) >= 11 is 1.97. The minimum atomic E-state index is 0.0421. The van der Waals surface area contributed by atoms with Crippen molar-refractivity contribution in [2.45, 2.75) is 17.7 Å². The molecule has 2 saturated heterocycles. The van der Waals surface area contributed by atoms with Crippen LogP contribution in [0.3, 0.4) is 0 Å². The summed E-state index contributed by atoms with van der Waals surface area (Å²) in [5, 5.41) is 0.628. The van der Waals surface area contributed by atoms with Crippen LogP contribution in [0.5, 0.6) is 6.01 Å². The third kappa shape index (κ3) is 1.86. The number of amides is 1. The molecule has 0 spiro atoms. The Morgan fingerprint density at radius 2 is 2.29 bits per heavy atom. The van der Waals surface area contributed by atoms with E-state index in [-0.39, 0.29) is 5.91 Å². The predicted octanol–water partition coefficient (Wildman–Crippen LogP) is 0.815. The van der Waals surface area contributed by atoms with Gasteiger partial charge in [0.1, 0.15) is 0 Å². The third-order valence-corrected chi connectivity index (χ3v) is 4.61. The van der Waals surface area contributed by atoms with E-state index in [1.165, 1.54) is 19.5 Å². The van der Waals surface area contributed by atoms with E-state index < -0.39 is 0 Å². The number of hydrogen-bond donors (Lipinski definition) is 0. The average Bonchev–Trinajstić information content (AvgIpc) is 3.00. The van der Waals surface area contributed by atoms with E-state index in [0.717, 1.165) is 18.7 Å². The van der Waals surface area contributed by atoms with E-state index in [2.05, 4.69) is 9.97 Å². The van der Waals surface area contributed by atoms with Gasteiger partial charge in [0.25, 0.3) is 5.91 Å². The van der Waals surface area contributed by atoms with E-state index in [1.54, 1.807) is 0 Å². The molecule has 3 rings (SSSR count). The van der Waals surface area contributed by atoms with Crippen molar-refractivity contribution in [3.05, 3.63) is 18.0 Å². The van der Waals surface area contributed by atoms with Crippen molar-refractivity contribution in [2.75, 3.05) is 19.4 Å². The lowest BCUT2D eigenvalue weighted by Crippen LogP contribution is -2.39. The molecule has 2 aliphatic heterocycles. The molecule has 2 atom stereocenters. The molecule has 1 amide bonds. The highest BCUT2D eigenvalue weighted by Gasteiger charge is 2.41. The highest BCUT2D eigenvalue weighted by molar-refractivity contribution is 8.00.